The van der Waals surface area contributed by atoms with Crippen molar-refractivity contribution in [1.29, 1.82) is 0 Å². The third-order valence-electron chi connectivity index (χ3n) is 3.95. The molecule has 0 spiro atoms. The van der Waals surface area contributed by atoms with E-state index in [0.717, 1.165) is 24.6 Å². The van der Waals surface area contributed by atoms with Crippen molar-refractivity contribution >= 4 is 0 Å². The Kier molecular flexibility index (Phi) is 5.80. The molecule has 0 radical (unpaired) electrons. The molecule has 19 heavy (non-hydrogen) atoms. The van der Waals surface area contributed by atoms with Gasteiger partial charge in [-0.05, 0) is 76.0 Å². The van der Waals surface area contributed by atoms with Crippen molar-refractivity contribution in [3.8, 4) is 0 Å². The maximum atomic E-state index is 13.1. The standard InChI is InChI=1S/C16H25FN2/c1-19(13-15-4-2-6-16(17)12-15)11-3-5-14-7-9-18-10-8-14/h2,4,6,12,14,18H,3,5,7-11,13H2,1H3. The number of nitrogens with one attached hydrogen (secondary N) is 1. The fourth-order valence-corrected chi connectivity index (χ4v) is 2.85. The maximum absolute atomic E-state index is 13.1. The summed E-state index contributed by atoms with van der Waals surface area (Å²) >= 11 is 0. The molecule has 1 heterocycles. The van der Waals surface area contributed by atoms with Crippen LogP contribution in [0.25, 0.3) is 0 Å². The molecule has 106 valence electrons. The van der Waals surface area contributed by atoms with Crippen molar-refractivity contribution in [3.05, 3.63) is 35.6 Å². The molecule has 0 amide bonds. The van der Waals surface area contributed by atoms with E-state index in [4.69, 9.17) is 0 Å². The van der Waals surface area contributed by atoms with E-state index in [9.17, 15) is 4.39 Å². The topological polar surface area (TPSA) is 15.3 Å². The van der Waals surface area contributed by atoms with E-state index in [0.29, 0.717) is 0 Å². The first-order valence-electron chi connectivity index (χ1n) is 7.38. The second-order valence-electron chi connectivity index (χ2n) is 5.70. The number of hydrogen-bond acceptors (Lipinski definition) is 2. The van der Waals surface area contributed by atoms with Crippen LogP contribution in [-0.4, -0.2) is 31.6 Å². The molecule has 0 unspecified atom stereocenters. The van der Waals surface area contributed by atoms with Crippen LogP contribution in [-0.2, 0) is 6.54 Å². The number of nitrogens with zero attached hydrogens (tertiary/aromatic N) is 1. The summed E-state index contributed by atoms with van der Waals surface area (Å²) in [7, 11) is 2.12. The van der Waals surface area contributed by atoms with Crippen LogP contribution < -0.4 is 5.32 Å². The van der Waals surface area contributed by atoms with Crippen molar-refractivity contribution in [2.45, 2.75) is 32.2 Å². The van der Waals surface area contributed by atoms with Crippen molar-refractivity contribution in [2.24, 2.45) is 5.92 Å². The first-order chi connectivity index (χ1) is 9.24. The van der Waals surface area contributed by atoms with Crippen LogP contribution in [0.2, 0.25) is 0 Å². The van der Waals surface area contributed by atoms with Crippen LogP contribution in [0.1, 0.15) is 31.2 Å². The van der Waals surface area contributed by atoms with E-state index in [-0.39, 0.29) is 5.82 Å². The zero-order valence-corrected chi connectivity index (χ0v) is 11.9. The summed E-state index contributed by atoms with van der Waals surface area (Å²) in [6.45, 7) is 4.30. The molecule has 0 bridgehead atoms. The monoisotopic (exact) mass is 264 g/mol. The molecule has 2 nitrogen and oxygen atoms in total. The molecule has 1 aromatic carbocycles. The minimum atomic E-state index is -0.138. The first kappa shape index (κ1) is 14.5. The van der Waals surface area contributed by atoms with Crippen LogP contribution in [0, 0.1) is 11.7 Å². The quantitative estimate of drug-likeness (QED) is 0.849. The van der Waals surface area contributed by atoms with Crippen LogP contribution >= 0.6 is 0 Å². The van der Waals surface area contributed by atoms with Gasteiger partial charge in [0, 0.05) is 6.54 Å². The van der Waals surface area contributed by atoms with Gasteiger partial charge in [0.05, 0.1) is 0 Å². The van der Waals surface area contributed by atoms with Crippen molar-refractivity contribution < 1.29 is 4.39 Å². The summed E-state index contributed by atoms with van der Waals surface area (Å²) in [5.41, 5.74) is 1.06. The van der Waals surface area contributed by atoms with Gasteiger partial charge in [0.2, 0.25) is 0 Å². The van der Waals surface area contributed by atoms with Gasteiger partial charge in [-0.15, -0.1) is 0 Å². The highest BCUT2D eigenvalue weighted by molar-refractivity contribution is 5.15. The molecule has 1 saturated heterocycles. The average Bonchev–Trinajstić information content (AvgIpc) is 2.40. The van der Waals surface area contributed by atoms with Crippen molar-refractivity contribution in [1.82, 2.24) is 10.2 Å². The van der Waals surface area contributed by atoms with E-state index in [2.05, 4.69) is 17.3 Å². The van der Waals surface area contributed by atoms with Crippen LogP contribution in [0.5, 0.6) is 0 Å². The Labute approximate surface area is 116 Å². The number of benzene rings is 1. The Morgan fingerprint density at radius 3 is 2.84 bits per heavy atom. The van der Waals surface area contributed by atoms with Crippen LogP contribution in [0.4, 0.5) is 4.39 Å². The summed E-state index contributed by atoms with van der Waals surface area (Å²) in [6.07, 6.45) is 5.23. The van der Waals surface area contributed by atoms with Crippen molar-refractivity contribution in [2.75, 3.05) is 26.7 Å². The largest absolute Gasteiger partial charge is 0.317 e. The minimum absolute atomic E-state index is 0.138. The maximum Gasteiger partial charge on any atom is 0.123 e. The molecule has 3 heteroatoms. The van der Waals surface area contributed by atoms with E-state index in [1.165, 1.54) is 44.8 Å². The molecule has 1 aromatic rings. The van der Waals surface area contributed by atoms with Gasteiger partial charge in [0.15, 0.2) is 0 Å². The van der Waals surface area contributed by atoms with Gasteiger partial charge in [0.25, 0.3) is 0 Å². The lowest BCUT2D eigenvalue weighted by atomic mass is 9.93. The predicted molar refractivity (Wildman–Crippen MR) is 77.6 cm³/mol. The Hall–Kier alpha value is -0.930. The van der Waals surface area contributed by atoms with Gasteiger partial charge in [-0.25, -0.2) is 4.39 Å². The fourth-order valence-electron chi connectivity index (χ4n) is 2.85. The lowest BCUT2D eigenvalue weighted by Gasteiger charge is -2.23. The summed E-state index contributed by atoms with van der Waals surface area (Å²) in [5.74, 6) is 0.768. The number of halogens is 1. The third kappa shape index (κ3) is 5.29. The average molecular weight is 264 g/mol. The molecule has 1 aliphatic rings. The minimum Gasteiger partial charge on any atom is -0.317 e. The highest BCUT2D eigenvalue weighted by atomic mass is 19.1. The molecule has 0 aliphatic carbocycles. The SMILES string of the molecule is CN(CCCC1CCNCC1)Cc1cccc(F)c1. The summed E-state index contributed by atoms with van der Waals surface area (Å²) in [6, 6.07) is 6.91. The Morgan fingerprint density at radius 1 is 1.32 bits per heavy atom. The summed E-state index contributed by atoms with van der Waals surface area (Å²) < 4.78 is 13.1. The molecule has 0 aromatic heterocycles. The van der Waals surface area contributed by atoms with Gasteiger partial charge in [-0.2, -0.15) is 0 Å². The normalized spacial score (nSPS) is 17.0. The Balaban J connectivity index is 1.65. The fraction of sp³-hybridized carbons (Fsp3) is 0.625. The number of rotatable bonds is 6. The Bertz CT molecular complexity index is 375. The van der Waals surface area contributed by atoms with E-state index in [1.807, 2.05) is 6.07 Å². The molecule has 1 N–H and O–H groups in total. The van der Waals surface area contributed by atoms with Gasteiger partial charge in [-0.1, -0.05) is 12.1 Å². The summed E-state index contributed by atoms with van der Waals surface area (Å²) in [4.78, 5) is 2.29. The highest BCUT2D eigenvalue weighted by Gasteiger charge is 2.12. The summed E-state index contributed by atoms with van der Waals surface area (Å²) in [5, 5.41) is 3.41. The highest BCUT2D eigenvalue weighted by Crippen LogP contribution is 2.18. The van der Waals surface area contributed by atoms with Gasteiger partial charge in [0.1, 0.15) is 5.82 Å². The van der Waals surface area contributed by atoms with Crippen LogP contribution in [0.3, 0.4) is 0 Å². The van der Waals surface area contributed by atoms with Crippen molar-refractivity contribution in [3.63, 3.8) is 0 Å². The van der Waals surface area contributed by atoms with Gasteiger partial charge in [-0.3, -0.25) is 0 Å². The van der Waals surface area contributed by atoms with E-state index < -0.39 is 0 Å². The smallest absolute Gasteiger partial charge is 0.123 e. The van der Waals surface area contributed by atoms with Crippen LogP contribution in [0.15, 0.2) is 24.3 Å². The zero-order valence-electron chi connectivity index (χ0n) is 11.9. The molecule has 0 atom stereocenters. The second kappa shape index (κ2) is 7.61. The first-order valence-corrected chi connectivity index (χ1v) is 7.38. The number of piperidine rings is 1. The molecule has 1 fully saturated rings. The second-order valence-corrected chi connectivity index (χ2v) is 5.70. The lowest BCUT2D eigenvalue weighted by Crippen LogP contribution is -2.28. The molecular weight excluding hydrogens is 239 g/mol. The van der Waals surface area contributed by atoms with Gasteiger partial charge >= 0.3 is 0 Å². The molecule has 0 saturated carbocycles. The zero-order chi connectivity index (χ0) is 13.5. The lowest BCUT2D eigenvalue weighted by molar-refractivity contribution is 0.285. The Morgan fingerprint density at radius 2 is 2.11 bits per heavy atom. The third-order valence-corrected chi connectivity index (χ3v) is 3.95. The molecule has 1 aliphatic heterocycles. The molecule has 2 rings (SSSR count). The van der Waals surface area contributed by atoms with E-state index in [1.54, 1.807) is 12.1 Å². The number of hydrogen-bond donors (Lipinski definition) is 1. The molecular formula is C16H25FN2. The van der Waals surface area contributed by atoms with E-state index >= 15 is 0 Å². The predicted octanol–water partition coefficient (Wildman–Crippen LogP) is 3.04. The van der Waals surface area contributed by atoms with Gasteiger partial charge < -0.3 is 10.2 Å².